The van der Waals surface area contributed by atoms with Crippen molar-refractivity contribution in [1.29, 1.82) is 0 Å². The maximum Gasteiger partial charge on any atom is 0.543 e. The summed E-state index contributed by atoms with van der Waals surface area (Å²) in [5.74, 6) is 18.3. The van der Waals surface area contributed by atoms with E-state index in [9.17, 15) is 4.57 Å². The molecule has 35 heavy (non-hydrogen) atoms. The Morgan fingerprint density at radius 1 is 0.514 bits per heavy atom. The number of benzene rings is 3. The summed E-state index contributed by atoms with van der Waals surface area (Å²) in [4.78, 5) is 0. The summed E-state index contributed by atoms with van der Waals surface area (Å²) in [6.45, 7) is 0. The number of halogens is 6. The largest absolute Gasteiger partial charge is 0.543 e. The van der Waals surface area contributed by atoms with Crippen molar-refractivity contribution in [3.63, 3.8) is 0 Å². The quantitative estimate of drug-likeness (QED) is 0.112. The normalized spacial score (nSPS) is 11.5. The van der Waals surface area contributed by atoms with Gasteiger partial charge in [0.15, 0.2) is 0 Å². The first-order valence-electron chi connectivity index (χ1n) is 9.09. The number of para-hydroxylation sites is 3. The number of nitrogens with two attached hydrogens (primary N) is 3. The van der Waals surface area contributed by atoms with Crippen LogP contribution in [-0.4, -0.2) is 0 Å². The zero-order valence-electron chi connectivity index (χ0n) is 17.1. The van der Waals surface area contributed by atoms with Gasteiger partial charge in [0.1, 0.15) is 17.1 Å². The second-order valence-corrected chi connectivity index (χ2v) is 12.9. The number of hydrazine groups is 3. The van der Waals surface area contributed by atoms with Crippen molar-refractivity contribution in [2.24, 2.45) is 17.5 Å². The van der Waals surface area contributed by atoms with Gasteiger partial charge >= 0.3 is 7.82 Å². The number of hydrogen-bond acceptors (Lipinski definition) is 10. The van der Waals surface area contributed by atoms with Gasteiger partial charge in [-0.2, -0.15) is 15.5 Å². The molecule has 0 unspecified atom stereocenters. The fraction of sp³-hybridized carbons (Fsp3) is 0. The van der Waals surface area contributed by atoms with Crippen LogP contribution in [0.1, 0.15) is 0 Å². The van der Waals surface area contributed by atoms with Crippen LogP contribution in [0, 0.1) is 0 Å². The van der Waals surface area contributed by atoms with Gasteiger partial charge in [-0.25, -0.2) is 22.1 Å². The molecule has 0 radical (unpaired) electrons. The summed E-state index contributed by atoms with van der Waals surface area (Å²) >= 11 is 20.2. The molecule has 3 aromatic carbocycles. The molecule has 0 aliphatic rings. The molecule has 0 amide bonds. The standard InChI is InChI=1S/C18H15Br6N6O4P/c19-10-4-1-5-11(20)16(10)28(25)32-35(31,33-29(26)17-12(21)6-2-7-13(17)22)34-30(27)18-14(23)8-3-9-15(18)24/h1-9H,25-27H2. The molecule has 0 bridgehead atoms. The number of anilines is 3. The Morgan fingerprint density at radius 3 is 0.914 bits per heavy atom. The molecule has 0 aliphatic heterocycles. The van der Waals surface area contributed by atoms with Crippen LogP contribution >= 0.6 is 103 Å². The summed E-state index contributed by atoms with van der Waals surface area (Å²) in [5, 5.41) is 2.13. The molecule has 3 rings (SSSR count). The van der Waals surface area contributed by atoms with Gasteiger partial charge in [-0.1, -0.05) is 18.2 Å². The Bertz CT molecular complexity index is 1060. The van der Waals surface area contributed by atoms with Crippen molar-refractivity contribution in [1.82, 2.24) is 0 Å². The summed E-state index contributed by atoms with van der Waals surface area (Å²) in [7, 11) is -4.73. The van der Waals surface area contributed by atoms with Crippen LogP contribution in [0.3, 0.4) is 0 Å². The van der Waals surface area contributed by atoms with Gasteiger partial charge in [0.25, 0.3) is 0 Å². The van der Waals surface area contributed by atoms with E-state index in [0.29, 0.717) is 42.4 Å². The van der Waals surface area contributed by atoms with Gasteiger partial charge in [-0.05, 0) is 132 Å². The Morgan fingerprint density at radius 2 is 0.714 bits per heavy atom. The number of phosphoric acid groups is 1. The van der Waals surface area contributed by atoms with Crippen molar-refractivity contribution in [3.8, 4) is 0 Å². The van der Waals surface area contributed by atoms with E-state index in [2.05, 4.69) is 95.6 Å². The molecule has 0 spiro atoms. The van der Waals surface area contributed by atoms with E-state index in [-0.39, 0.29) is 17.1 Å². The Kier molecular flexibility index (Phi) is 10.7. The molecule has 17 heteroatoms. The van der Waals surface area contributed by atoms with E-state index in [0.717, 1.165) is 0 Å². The van der Waals surface area contributed by atoms with Crippen LogP contribution < -0.4 is 33.0 Å². The first kappa shape index (κ1) is 29.5. The number of nitrogens with zero attached hydrogens (tertiary/aromatic N) is 3. The molecule has 0 saturated carbocycles. The van der Waals surface area contributed by atoms with Crippen LogP contribution in [0.4, 0.5) is 17.1 Å². The van der Waals surface area contributed by atoms with Crippen LogP contribution in [0.2, 0.25) is 0 Å². The highest BCUT2D eigenvalue weighted by atomic mass is 79.9. The van der Waals surface area contributed by atoms with Crippen molar-refractivity contribution >= 4 is 120 Å². The van der Waals surface area contributed by atoms with Gasteiger partial charge in [-0.15, -0.1) is 13.9 Å². The highest BCUT2D eigenvalue weighted by Crippen LogP contribution is 2.54. The third-order valence-corrected chi connectivity index (χ3v) is 9.00. The Balaban J connectivity index is 1.99. The third kappa shape index (κ3) is 7.28. The predicted octanol–water partition coefficient (Wildman–Crippen LogP) is 7.61. The summed E-state index contributed by atoms with van der Waals surface area (Å²) in [6, 6.07) is 15.5. The van der Waals surface area contributed by atoms with Gasteiger partial charge < -0.3 is 0 Å². The molecule has 0 aliphatic carbocycles. The average molecular weight is 890 g/mol. The highest BCUT2D eigenvalue weighted by molar-refractivity contribution is 9.12. The molecule has 0 atom stereocenters. The molecule has 3 aromatic rings. The van der Waals surface area contributed by atoms with E-state index in [1.54, 1.807) is 54.6 Å². The second-order valence-electron chi connectivity index (χ2n) is 6.38. The van der Waals surface area contributed by atoms with Crippen LogP contribution in [0.15, 0.2) is 81.4 Å². The third-order valence-electron chi connectivity index (χ3n) is 4.04. The zero-order valence-corrected chi connectivity index (χ0v) is 27.5. The molecule has 188 valence electrons. The second kappa shape index (κ2) is 12.7. The first-order chi connectivity index (χ1) is 16.4. The highest BCUT2D eigenvalue weighted by Gasteiger charge is 2.39. The Labute approximate surface area is 251 Å². The maximum atomic E-state index is 13.9. The fourth-order valence-corrected chi connectivity index (χ4v) is 7.61. The molecule has 0 fully saturated rings. The lowest BCUT2D eigenvalue weighted by molar-refractivity contribution is 0.0854. The lowest BCUT2D eigenvalue weighted by atomic mass is 10.3. The number of hydrogen-bond donors (Lipinski definition) is 3. The van der Waals surface area contributed by atoms with Crippen LogP contribution in [0.5, 0.6) is 0 Å². The number of rotatable bonds is 9. The van der Waals surface area contributed by atoms with Crippen molar-refractivity contribution in [2.45, 2.75) is 0 Å². The lowest BCUT2D eigenvalue weighted by Gasteiger charge is -2.30. The minimum Gasteiger partial charge on any atom is -0.222 e. The zero-order chi connectivity index (χ0) is 25.9. The van der Waals surface area contributed by atoms with E-state index < -0.39 is 7.82 Å². The topological polar surface area (TPSA) is 133 Å². The smallest absolute Gasteiger partial charge is 0.222 e. The van der Waals surface area contributed by atoms with Gasteiger partial charge in [0.05, 0.1) is 0 Å². The maximum absolute atomic E-state index is 13.9. The summed E-state index contributed by atoms with van der Waals surface area (Å²) in [5.41, 5.74) is 0.864. The molecular weight excluding hydrogens is 875 g/mol. The van der Waals surface area contributed by atoms with E-state index >= 15 is 0 Å². The average Bonchev–Trinajstić information content (AvgIpc) is 2.72. The molecule has 0 heterocycles. The predicted molar refractivity (Wildman–Crippen MR) is 156 cm³/mol. The van der Waals surface area contributed by atoms with E-state index in [1.807, 2.05) is 0 Å². The molecular formula is C18H15Br6N6O4P. The van der Waals surface area contributed by atoms with E-state index in [4.69, 9.17) is 31.4 Å². The van der Waals surface area contributed by atoms with Crippen LogP contribution in [0.25, 0.3) is 0 Å². The monoisotopic (exact) mass is 884 g/mol. The molecule has 6 N–H and O–H groups in total. The van der Waals surface area contributed by atoms with Crippen molar-refractivity contribution < 1.29 is 18.4 Å². The van der Waals surface area contributed by atoms with Gasteiger partial charge in [0, 0.05) is 26.8 Å². The lowest BCUT2D eigenvalue weighted by Crippen LogP contribution is -2.39. The SMILES string of the molecule is NN(OP(=O)(ON(N)c1c(Br)cccc1Br)ON(N)c1c(Br)cccc1Br)c1c(Br)cccc1Br. The molecule has 0 aromatic heterocycles. The summed E-state index contributed by atoms with van der Waals surface area (Å²) in [6.07, 6.45) is 0. The molecule has 10 nitrogen and oxygen atoms in total. The van der Waals surface area contributed by atoms with Gasteiger partial charge in [0.2, 0.25) is 0 Å². The van der Waals surface area contributed by atoms with E-state index in [1.165, 1.54) is 0 Å². The first-order valence-corrected chi connectivity index (χ1v) is 15.3. The minimum absolute atomic E-state index is 0.288. The minimum atomic E-state index is -4.73. The van der Waals surface area contributed by atoms with Crippen molar-refractivity contribution in [3.05, 3.63) is 81.4 Å². The van der Waals surface area contributed by atoms with Crippen LogP contribution in [-0.2, 0) is 18.4 Å². The Hall–Kier alpha value is -0.0700. The van der Waals surface area contributed by atoms with Gasteiger partial charge in [-0.3, -0.25) is 0 Å². The molecule has 0 saturated heterocycles. The van der Waals surface area contributed by atoms with Crippen molar-refractivity contribution in [2.75, 3.05) is 15.5 Å². The fourth-order valence-electron chi connectivity index (χ4n) is 2.59. The summed E-state index contributed by atoms with van der Waals surface area (Å²) < 4.78 is 33.5.